The summed E-state index contributed by atoms with van der Waals surface area (Å²) in [5, 5.41) is 2.91. The molecule has 0 unspecified atom stereocenters. The number of benzene rings is 1. The highest BCUT2D eigenvalue weighted by Crippen LogP contribution is 2.29. The van der Waals surface area contributed by atoms with Crippen LogP contribution < -0.4 is 5.32 Å². The Hall–Kier alpha value is -3.29. The lowest BCUT2D eigenvalue weighted by Gasteiger charge is -2.35. The normalized spacial score (nSPS) is 18.7. The van der Waals surface area contributed by atoms with Gasteiger partial charge in [-0.25, -0.2) is 9.97 Å². The van der Waals surface area contributed by atoms with Crippen LogP contribution in [0.2, 0.25) is 0 Å². The van der Waals surface area contributed by atoms with Crippen LogP contribution in [0.5, 0.6) is 0 Å². The van der Waals surface area contributed by atoms with E-state index >= 15 is 0 Å². The van der Waals surface area contributed by atoms with Crippen LogP contribution >= 0.6 is 0 Å². The van der Waals surface area contributed by atoms with Crippen molar-refractivity contribution in [3.8, 4) is 0 Å². The second-order valence-corrected chi connectivity index (χ2v) is 8.41. The van der Waals surface area contributed by atoms with Gasteiger partial charge in [0.1, 0.15) is 0 Å². The molecule has 4 rings (SSSR count). The molecule has 2 aliphatic rings. The zero-order valence-electron chi connectivity index (χ0n) is 18.4. The quantitative estimate of drug-likeness (QED) is 0.752. The molecule has 0 radical (unpaired) electrons. The molecule has 0 bridgehead atoms. The molecule has 2 saturated heterocycles. The van der Waals surface area contributed by atoms with E-state index in [1.165, 1.54) is 0 Å². The van der Waals surface area contributed by atoms with E-state index in [2.05, 4.69) is 15.3 Å². The molecule has 1 aromatic carbocycles. The van der Waals surface area contributed by atoms with E-state index in [4.69, 9.17) is 0 Å². The molecule has 3 amide bonds. The van der Waals surface area contributed by atoms with E-state index < -0.39 is 0 Å². The summed E-state index contributed by atoms with van der Waals surface area (Å²) in [5.41, 5.74) is 2.04. The molecular formula is C24H29N5O3. The molecule has 0 saturated carbocycles. The maximum atomic E-state index is 13.0. The predicted molar refractivity (Wildman–Crippen MR) is 119 cm³/mol. The van der Waals surface area contributed by atoms with E-state index in [9.17, 15) is 14.4 Å². The number of nitrogens with zero attached hydrogens (tertiary/aromatic N) is 4. The molecule has 2 aliphatic heterocycles. The van der Waals surface area contributed by atoms with E-state index in [1.807, 2.05) is 30.3 Å². The van der Waals surface area contributed by atoms with Crippen molar-refractivity contribution in [1.29, 1.82) is 0 Å². The summed E-state index contributed by atoms with van der Waals surface area (Å²) in [5.74, 6) is 0.325. The summed E-state index contributed by atoms with van der Waals surface area (Å²) >= 11 is 0. The molecule has 32 heavy (non-hydrogen) atoms. The number of rotatable bonds is 6. The second kappa shape index (κ2) is 9.89. The van der Waals surface area contributed by atoms with E-state index in [0.29, 0.717) is 43.1 Å². The highest BCUT2D eigenvalue weighted by molar-refractivity contribution is 5.94. The smallest absolute Gasteiger partial charge is 0.254 e. The van der Waals surface area contributed by atoms with Gasteiger partial charge in [0, 0.05) is 32.3 Å². The first-order valence-corrected chi connectivity index (χ1v) is 11.3. The van der Waals surface area contributed by atoms with Crippen molar-refractivity contribution >= 4 is 17.7 Å². The SMILES string of the molecule is Cc1nc([C@@H]2CCCCN2C(=O)CN2CCCC2=O)ncc1C(=O)NCc1ccccc1. The lowest BCUT2D eigenvalue weighted by Crippen LogP contribution is -2.45. The first kappa shape index (κ1) is 21.9. The lowest BCUT2D eigenvalue weighted by atomic mass is 10.0. The van der Waals surface area contributed by atoms with Gasteiger partial charge in [-0.1, -0.05) is 30.3 Å². The average molecular weight is 436 g/mol. The van der Waals surface area contributed by atoms with Gasteiger partial charge in [0.25, 0.3) is 5.91 Å². The second-order valence-electron chi connectivity index (χ2n) is 8.41. The molecule has 0 aliphatic carbocycles. The van der Waals surface area contributed by atoms with Crippen LogP contribution in [0, 0.1) is 6.92 Å². The number of hydrogen-bond donors (Lipinski definition) is 1. The highest BCUT2D eigenvalue weighted by atomic mass is 16.2. The number of aryl methyl sites for hydroxylation is 1. The maximum absolute atomic E-state index is 13.0. The Balaban J connectivity index is 1.44. The van der Waals surface area contributed by atoms with Gasteiger partial charge in [-0.2, -0.15) is 0 Å². The molecule has 1 N–H and O–H groups in total. The molecule has 2 fully saturated rings. The number of nitrogens with one attached hydrogen (secondary N) is 1. The number of amides is 3. The highest BCUT2D eigenvalue weighted by Gasteiger charge is 2.33. The van der Waals surface area contributed by atoms with Gasteiger partial charge in [-0.3, -0.25) is 14.4 Å². The minimum absolute atomic E-state index is 0.0462. The number of carbonyl (C=O) groups is 3. The maximum Gasteiger partial charge on any atom is 0.254 e. The summed E-state index contributed by atoms with van der Waals surface area (Å²) in [6, 6.07) is 9.48. The van der Waals surface area contributed by atoms with Crippen LogP contribution in [0.4, 0.5) is 0 Å². The predicted octanol–water partition coefficient (Wildman–Crippen LogP) is 2.39. The van der Waals surface area contributed by atoms with Gasteiger partial charge in [0.15, 0.2) is 5.82 Å². The zero-order valence-corrected chi connectivity index (χ0v) is 18.4. The average Bonchev–Trinajstić information content (AvgIpc) is 3.22. The van der Waals surface area contributed by atoms with Crippen molar-refractivity contribution in [3.63, 3.8) is 0 Å². The minimum atomic E-state index is -0.228. The Labute approximate surface area is 188 Å². The molecular weight excluding hydrogens is 406 g/mol. The van der Waals surface area contributed by atoms with Crippen molar-refractivity contribution in [2.75, 3.05) is 19.6 Å². The van der Waals surface area contributed by atoms with Crippen molar-refractivity contribution in [2.45, 2.75) is 51.6 Å². The summed E-state index contributed by atoms with van der Waals surface area (Å²) in [4.78, 5) is 50.1. The number of likely N-dealkylation sites (tertiary alicyclic amines) is 2. The van der Waals surface area contributed by atoms with Crippen molar-refractivity contribution < 1.29 is 14.4 Å². The molecule has 0 spiro atoms. The minimum Gasteiger partial charge on any atom is -0.348 e. The van der Waals surface area contributed by atoms with Gasteiger partial charge < -0.3 is 15.1 Å². The van der Waals surface area contributed by atoms with E-state index in [-0.39, 0.29) is 30.3 Å². The van der Waals surface area contributed by atoms with Crippen LogP contribution in [0.15, 0.2) is 36.5 Å². The number of piperidine rings is 1. The summed E-state index contributed by atoms with van der Waals surface area (Å²) in [6.45, 7) is 3.62. The third-order valence-corrected chi connectivity index (χ3v) is 6.16. The first-order valence-electron chi connectivity index (χ1n) is 11.3. The lowest BCUT2D eigenvalue weighted by molar-refractivity contribution is -0.141. The molecule has 8 heteroatoms. The molecule has 1 aromatic heterocycles. The van der Waals surface area contributed by atoms with Crippen LogP contribution in [0.1, 0.15) is 65.6 Å². The monoisotopic (exact) mass is 435 g/mol. The van der Waals surface area contributed by atoms with Crippen molar-refractivity contribution in [2.24, 2.45) is 0 Å². The Morgan fingerprint density at radius 3 is 2.66 bits per heavy atom. The summed E-state index contributed by atoms with van der Waals surface area (Å²) in [7, 11) is 0. The van der Waals surface area contributed by atoms with Gasteiger partial charge >= 0.3 is 0 Å². The topological polar surface area (TPSA) is 95.5 Å². The van der Waals surface area contributed by atoms with Crippen LogP contribution in [-0.2, 0) is 16.1 Å². The Morgan fingerprint density at radius 2 is 1.94 bits per heavy atom. The van der Waals surface area contributed by atoms with Crippen LogP contribution in [-0.4, -0.2) is 57.1 Å². The van der Waals surface area contributed by atoms with Crippen LogP contribution in [0.3, 0.4) is 0 Å². The Bertz CT molecular complexity index is 994. The Morgan fingerprint density at radius 1 is 1.12 bits per heavy atom. The summed E-state index contributed by atoms with van der Waals surface area (Å²) in [6.07, 6.45) is 5.57. The summed E-state index contributed by atoms with van der Waals surface area (Å²) < 4.78 is 0. The molecule has 8 nitrogen and oxygen atoms in total. The molecule has 1 atom stereocenters. The largest absolute Gasteiger partial charge is 0.348 e. The number of carbonyl (C=O) groups excluding carboxylic acids is 3. The third kappa shape index (κ3) is 4.95. The fourth-order valence-electron chi connectivity index (χ4n) is 4.37. The van der Waals surface area contributed by atoms with Gasteiger partial charge in [0.05, 0.1) is 23.8 Å². The third-order valence-electron chi connectivity index (χ3n) is 6.16. The molecule has 168 valence electrons. The van der Waals surface area contributed by atoms with Gasteiger partial charge in [-0.15, -0.1) is 0 Å². The van der Waals surface area contributed by atoms with Crippen molar-refractivity contribution in [1.82, 2.24) is 25.1 Å². The van der Waals surface area contributed by atoms with Gasteiger partial charge in [0.2, 0.25) is 11.8 Å². The number of hydrogen-bond acceptors (Lipinski definition) is 5. The molecule has 3 heterocycles. The fourth-order valence-corrected chi connectivity index (χ4v) is 4.37. The van der Waals surface area contributed by atoms with Crippen LogP contribution in [0.25, 0.3) is 0 Å². The van der Waals surface area contributed by atoms with Gasteiger partial charge in [-0.05, 0) is 38.2 Å². The van der Waals surface area contributed by atoms with E-state index in [0.717, 1.165) is 31.2 Å². The standard InChI is InChI=1S/C24H29N5O3/c1-17-19(24(32)26-14-18-8-3-2-4-9-18)15-25-23(27-17)20-10-5-6-13-29(20)22(31)16-28-12-7-11-21(28)30/h2-4,8-9,15,20H,5-7,10-14,16H2,1H3,(H,26,32)/t20-/m0/s1. The zero-order chi connectivity index (χ0) is 22.5. The molecule has 2 aromatic rings. The van der Waals surface area contributed by atoms with Crippen molar-refractivity contribution in [3.05, 3.63) is 59.2 Å². The number of aromatic nitrogens is 2. The fraction of sp³-hybridized carbons (Fsp3) is 0.458. The first-order chi connectivity index (χ1) is 15.5. The Kier molecular flexibility index (Phi) is 6.78. The van der Waals surface area contributed by atoms with E-state index in [1.54, 1.807) is 22.9 Å².